The summed E-state index contributed by atoms with van der Waals surface area (Å²) in [5.41, 5.74) is 5.84. The molecule has 3 N–H and O–H groups in total. The molecule has 0 saturated heterocycles. The molecular formula is C10H14ClN3O2. The maximum absolute atomic E-state index is 11.6. The van der Waals surface area contributed by atoms with Crippen LogP contribution in [0.15, 0.2) is 12.3 Å². The van der Waals surface area contributed by atoms with E-state index in [0.717, 1.165) is 6.42 Å². The van der Waals surface area contributed by atoms with Gasteiger partial charge in [-0.25, -0.2) is 4.98 Å². The van der Waals surface area contributed by atoms with Crippen LogP contribution in [-0.4, -0.2) is 31.2 Å². The van der Waals surface area contributed by atoms with Gasteiger partial charge in [0.1, 0.15) is 5.82 Å². The molecule has 0 aromatic carbocycles. The van der Waals surface area contributed by atoms with Crippen molar-refractivity contribution in [3.05, 3.63) is 22.8 Å². The summed E-state index contributed by atoms with van der Waals surface area (Å²) in [6.45, 7) is 1.16. The molecule has 0 radical (unpaired) electrons. The lowest BCUT2D eigenvalue weighted by molar-refractivity contribution is 0.0948. The highest BCUT2D eigenvalue weighted by Gasteiger charge is 2.07. The first-order valence-electron chi connectivity index (χ1n) is 4.83. The molecule has 1 aromatic rings. The summed E-state index contributed by atoms with van der Waals surface area (Å²) in [5, 5.41) is 3.00. The van der Waals surface area contributed by atoms with Crippen molar-refractivity contribution in [1.82, 2.24) is 10.3 Å². The Labute approximate surface area is 98.9 Å². The van der Waals surface area contributed by atoms with Crippen molar-refractivity contribution in [2.45, 2.75) is 6.42 Å². The summed E-state index contributed by atoms with van der Waals surface area (Å²) in [7, 11) is 1.62. The zero-order valence-electron chi connectivity index (χ0n) is 9.00. The van der Waals surface area contributed by atoms with Gasteiger partial charge in [-0.3, -0.25) is 4.79 Å². The monoisotopic (exact) mass is 243 g/mol. The van der Waals surface area contributed by atoms with E-state index in [1.807, 2.05) is 0 Å². The number of nitrogen functional groups attached to an aromatic ring is 1. The zero-order chi connectivity index (χ0) is 12.0. The van der Waals surface area contributed by atoms with E-state index in [9.17, 15) is 4.79 Å². The van der Waals surface area contributed by atoms with Crippen LogP contribution >= 0.6 is 11.6 Å². The van der Waals surface area contributed by atoms with E-state index < -0.39 is 0 Å². The third-order valence-corrected chi connectivity index (χ3v) is 2.25. The highest BCUT2D eigenvalue weighted by atomic mass is 35.5. The number of anilines is 1. The van der Waals surface area contributed by atoms with Gasteiger partial charge in [0, 0.05) is 26.5 Å². The van der Waals surface area contributed by atoms with Gasteiger partial charge in [-0.05, 0) is 12.5 Å². The number of ether oxygens (including phenoxy) is 1. The minimum Gasteiger partial charge on any atom is -0.385 e. The standard InChI is InChI=1S/C10H14ClN3O2/c1-16-4-2-3-13-10(15)7-5-8(11)9(12)14-6-7/h5-6H,2-4H2,1H3,(H2,12,14)(H,13,15). The number of hydrogen-bond donors (Lipinski definition) is 2. The molecule has 0 atom stereocenters. The van der Waals surface area contributed by atoms with Gasteiger partial charge in [0.25, 0.3) is 5.91 Å². The second-order valence-electron chi connectivity index (χ2n) is 3.19. The second-order valence-corrected chi connectivity index (χ2v) is 3.60. The Morgan fingerprint density at radius 2 is 2.44 bits per heavy atom. The maximum Gasteiger partial charge on any atom is 0.252 e. The lowest BCUT2D eigenvalue weighted by atomic mass is 10.2. The number of nitrogens with two attached hydrogens (primary N) is 1. The van der Waals surface area contributed by atoms with E-state index >= 15 is 0 Å². The Morgan fingerprint density at radius 1 is 1.69 bits per heavy atom. The van der Waals surface area contributed by atoms with Crippen LogP contribution in [0.5, 0.6) is 0 Å². The van der Waals surface area contributed by atoms with Gasteiger partial charge in [-0.15, -0.1) is 0 Å². The van der Waals surface area contributed by atoms with Crippen molar-refractivity contribution >= 4 is 23.3 Å². The number of amides is 1. The van der Waals surface area contributed by atoms with Crippen molar-refractivity contribution in [3.63, 3.8) is 0 Å². The number of carbonyl (C=O) groups is 1. The first-order valence-corrected chi connectivity index (χ1v) is 5.21. The summed E-state index contributed by atoms with van der Waals surface area (Å²) in [5.74, 6) is 0.00287. The van der Waals surface area contributed by atoms with Gasteiger partial charge in [0.15, 0.2) is 0 Å². The molecule has 0 aliphatic heterocycles. The van der Waals surface area contributed by atoms with E-state index in [0.29, 0.717) is 18.7 Å². The van der Waals surface area contributed by atoms with Crippen LogP contribution in [0.3, 0.4) is 0 Å². The van der Waals surface area contributed by atoms with E-state index in [1.165, 1.54) is 12.3 Å². The number of nitrogens with one attached hydrogen (secondary N) is 1. The van der Waals surface area contributed by atoms with Crippen LogP contribution in [0, 0.1) is 0 Å². The third kappa shape index (κ3) is 3.67. The predicted octanol–water partition coefficient (Wildman–Crippen LogP) is 1.08. The SMILES string of the molecule is COCCCNC(=O)c1cnc(N)c(Cl)c1. The average Bonchev–Trinajstić information content (AvgIpc) is 2.28. The summed E-state index contributed by atoms with van der Waals surface area (Å²) in [6.07, 6.45) is 2.16. The molecule has 0 aliphatic carbocycles. The van der Waals surface area contributed by atoms with Gasteiger partial charge >= 0.3 is 0 Å². The molecule has 0 spiro atoms. The molecule has 6 heteroatoms. The highest BCUT2D eigenvalue weighted by Crippen LogP contribution is 2.16. The van der Waals surface area contributed by atoms with Crippen molar-refractivity contribution in [3.8, 4) is 0 Å². The molecule has 0 bridgehead atoms. The lowest BCUT2D eigenvalue weighted by Crippen LogP contribution is -2.25. The fourth-order valence-electron chi connectivity index (χ4n) is 1.09. The first kappa shape index (κ1) is 12.7. The molecule has 5 nitrogen and oxygen atoms in total. The van der Waals surface area contributed by atoms with Crippen LogP contribution in [-0.2, 0) is 4.74 Å². The Bertz CT molecular complexity index is 371. The van der Waals surface area contributed by atoms with Crippen molar-refractivity contribution in [1.29, 1.82) is 0 Å². The predicted molar refractivity (Wildman–Crippen MR) is 62.5 cm³/mol. The molecule has 88 valence electrons. The smallest absolute Gasteiger partial charge is 0.252 e. The Hall–Kier alpha value is -1.33. The van der Waals surface area contributed by atoms with Crippen LogP contribution in [0.4, 0.5) is 5.82 Å². The van der Waals surface area contributed by atoms with Gasteiger partial charge in [-0.2, -0.15) is 0 Å². The summed E-state index contributed by atoms with van der Waals surface area (Å²) >= 11 is 5.75. The van der Waals surface area contributed by atoms with Crippen molar-refractivity contribution in [2.24, 2.45) is 0 Å². The Balaban J connectivity index is 2.50. The fourth-order valence-corrected chi connectivity index (χ4v) is 1.26. The lowest BCUT2D eigenvalue weighted by Gasteiger charge is -2.05. The first-order chi connectivity index (χ1) is 7.65. The van der Waals surface area contributed by atoms with E-state index in [4.69, 9.17) is 22.1 Å². The summed E-state index contributed by atoms with van der Waals surface area (Å²) in [6, 6.07) is 1.50. The number of aromatic nitrogens is 1. The zero-order valence-corrected chi connectivity index (χ0v) is 9.75. The number of carbonyl (C=O) groups excluding carboxylic acids is 1. The average molecular weight is 244 g/mol. The van der Waals surface area contributed by atoms with Crippen LogP contribution in [0.1, 0.15) is 16.8 Å². The molecule has 16 heavy (non-hydrogen) atoms. The fraction of sp³-hybridized carbons (Fsp3) is 0.400. The topological polar surface area (TPSA) is 77.2 Å². The number of rotatable bonds is 5. The van der Waals surface area contributed by atoms with E-state index in [1.54, 1.807) is 7.11 Å². The maximum atomic E-state index is 11.6. The van der Waals surface area contributed by atoms with Gasteiger partial charge in [0.2, 0.25) is 0 Å². The molecule has 1 amide bonds. The van der Waals surface area contributed by atoms with Gasteiger partial charge in [-0.1, -0.05) is 11.6 Å². The molecule has 0 saturated carbocycles. The minimum absolute atomic E-state index is 0.217. The normalized spacial score (nSPS) is 10.1. The largest absolute Gasteiger partial charge is 0.385 e. The molecule has 1 rings (SSSR count). The number of pyridine rings is 1. The highest BCUT2D eigenvalue weighted by molar-refractivity contribution is 6.33. The molecule has 0 fully saturated rings. The van der Waals surface area contributed by atoms with Crippen molar-refractivity contribution in [2.75, 3.05) is 26.0 Å². The molecule has 1 heterocycles. The third-order valence-electron chi connectivity index (χ3n) is 1.94. The number of halogens is 1. The van der Waals surface area contributed by atoms with Crippen LogP contribution in [0.2, 0.25) is 5.02 Å². The minimum atomic E-state index is -0.217. The quantitative estimate of drug-likeness (QED) is 0.759. The second kappa shape index (κ2) is 6.30. The van der Waals surface area contributed by atoms with Crippen molar-refractivity contribution < 1.29 is 9.53 Å². The molecule has 0 unspecified atom stereocenters. The van der Waals surface area contributed by atoms with E-state index in [-0.39, 0.29) is 16.7 Å². The number of methoxy groups -OCH3 is 1. The molecule has 0 aliphatic rings. The van der Waals surface area contributed by atoms with Crippen LogP contribution in [0.25, 0.3) is 0 Å². The number of hydrogen-bond acceptors (Lipinski definition) is 4. The summed E-state index contributed by atoms with van der Waals surface area (Å²) in [4.78, 5) is 15.4. The van der Waals surface area contributed by atoms with Gasteiger partial charge < -0.3 is 15.8 Å². The Kier molecular flexibility index (Phi) is 5.01. The van der Waals surface area contributed by atoms with E-state index in [2.05, 4.69) is 10.3 Å². The number of nitrogens with zero attached hydrogens (tertiary/aromatic N) is 1. The molecular weight excluding hydrogens is 230 g/mol. The van der Waals surface area contributed by atoms with Crippen LogP contribution < -0.4 is 11.1 Å². The van der Waals surface area contributed by atoms with Gasteiger partial charge in [0.05, 0.1) is 10.6 Å². The summed E-state index contributed by atoms with van der Waals surface area (Å²) < 4.78 is 4.86. The Morgan fingerprint density at radius 3 is 3.06 bits per heavy atom. The molecule has 1 aromatic heterocycles.